The number of anilines is 2. The van der Waals surface area contributed by atoms with Crippen molar-refractivity contribution in [3.8, 4) is 17.3 Å². The molecule has 6 heterocycles. The van der Waals surface area contributed by atoms with Gasteiger partial charge in [0.05, 0.1) is 35.4 Å². The van der Waals surface area contributed by atoms with E-state index in [2.05, 4.69) is 56.9 Å². The summed E-state index contributed by atoms with van der Waals surface area (Å²) in [6.45, 7) is 13.4. The number of nitriles is 1. The Morgan fingerprint density at radius 1 is 1.12 bits per heavy atom. The first-order valence-corrected chi connectivity index (χ1v) is 17.0. The molecule has 0 aliphatic carbocycles. The Labute approximate surface area is 281 Å². The SMILES string of the molecule is C[C@H]1CN([C@@H]2CCN(c3ncc4c5c(c(-c6ncc(F)c7sc(NC(=O)OC(C)(C)C)c(C#N)c67)c(F)c4n3)COC5)C2)C[C@H](C)N1C. The van der Waals surface area contributed by atoms with Crippen LogP contribution >= 0.6 is 11.3 Å². The third-order valence-electron chi connectivity index (χ3n) is 9.67. The van der Waals surface area contributed by atoms with Crippen LogP contribution in [0.15, 0.2) is 12.4 Å². The first kappa shape index (κ1) is 32.5. The van der Waals surface area contributed by atoms with Crippen LogP contribution in [0.2, 0.25) is 0 Å². The van der Waals surface area contributed by atoms with E-state index in [1.807, 2.05) is 0 Å². The third kappa shape index (κ3) is 5.62. The van der Waals surface area contributed by atoms with E-state index in [0.29, 0.717) is 35.0 Å². The van der Waals surface area contributed by atoms with Crippen molar-refractivity contribution in [2.75, 3.05) is 43.4 Å². The molecule has 3 aromatic heterocycles. The minimum Gasteiger partial charge on any atom is -0.444 e. The van der Waals surface area contributed by atoms with E-state index in [-0.39, 0.29) is 50.6 Å². The van der Waals surface area contributed by atoms with Crippen LogP contribution in [0.25, 0.3) is 32.2 Å². The van der Waals surface area contributed by atoms with Crippen molar-refractivity contribution in [2.45, 2.75) is 78.0 Å². The number of pyridine rings is 1. The molecule has 1 aromatic carbocycles. The zero-order chi connectivity index (χ0) is 34.1. The Morgan fingerprint density at radius 3 is 2.56 bits per heavy atom. The third-order valence-corrected chi connectivity index (χ3v) is 10.8. The maximum atomic E-state index is 17.0. The van der Waals surface area contributed by atoms with Crippen molar-refractivity contribution >= 4 is 49.4 Å². The molecule has 0 unspecified atom stereocenters. The van der Waals surface area contributed by atoms with Gasteiger partial charge in [-0.1, -0.05) is 0 Å². The van der Waals surface area contributed by atoms with Crippen molar-refractivity contribution in [3.05, 3.63) is 40.7 Å². The van der Waals surface area contributed by atoms with E-state index in [9.17, 15) is 10.1 Å². The summed E-state index contributed by atoms with van der Waals surface area (Å²) in [5.41, 5.74) is 0.748. The second kappa shape index (κ2) is 12.1. The summed E-state index contributed by atoms with van der Waals surface area (Å²) >= 11 is 0.870. The quantitative estimate of drug-likeness (QED) is 0.274. The van der Waals surface area contributed by atoms with Crippen molar-refractivity contribution in [1.29, 1.82) is 5.26 Å². The number of aromatic nitrogens is 3. The summed E-state index contributed by atoms with van der Waals surface area (Å²) in [5, 5.41) is 13.5. The molecule has 0 radical (unpaired) electrons. The highest BCUT2D eigenvalue weighted by Gasteiger charge is 2.36. The number of benzene rings is 1. The van der Waals surface area contributed by atoms with Gasteiger partial charge in [-0.05, 0) is 59.2 Å². The molecule has 2 fully saturated rings. The summed E-state index contributed by atoms with van der Waals surface area (Å²) in [5.74, 6) is -0.898. The number of piperazine rings is 1. The second-order valence-corrected chi connectivity index (χ2v) is 15.0. The molecule has 0 bridgehead atoms. The number of carbonyl (C=O) groups excluding carboxylic acids is 1. The monoisotopic (exact) mass is 676 g/mol. The summed E-state index contributed by atoms with van der Waals surface area (Å²) in [4.78, 5) is 33.5. The van der Waals surface area contributed by atoms with Gasteiger partial charge < -0.3 is 14.4 Å². The molecule has 2 saturated heterocycles. The molecule has 14 heteroatoms. The number of rotatable bonds is 4. The Morgan fingerprint density at radius 2 is 1.85 bits per heavy atom. The Bertz CT molecular complexity index is 1980. The molecule has 48 heavy (non-hydrogen) atoms. The predicted molar refractivity (Wildman–Crippen MR) is 180 cm³/mol. The lowest BCUT2D eigenvalue weighted by Crippen LogP contribution is -2.57. The summed E-state index contributed by atoms with van der Waals surface area (Å²) < 4.78 is 43.4. The second-order valence-electron chi connectivity index (χ2n) is 14.0. The lowest BCUT2D eigenvalue weighted by molar-refractivity contribution is 0.0388. The number of ether oxygens (including phenoxy) is 2. The highest BCUT2D eigenvalue weighted by Crippen LogP contribution is 2.46. The average molecular weight is 677 g/mol. The Hall–Kier alpha value is -4.03. The fourth-order valence-electron chi connectivity index (χ4n) is 7.12. The first-order chi connectivity index (χ1) is 22.8. The number of likely N-dealkylation sites (N-methyl/N-ethyl adjacent to an activating group) is 1. The van der Waals surface area contributed by atoms with Gasteiger partial charge in [-0.15, -0.1) is 11.3 Å². The standard InChI is InChI=1S/C34H38F2N8O3S/c1-17-12-44(13-18(2)42(17)6)19-7-8-43(14-19)32-39-10-21-22-15-46-16-23(22)25(27(36)28(21)40-32)29-26-20(9-37)31(41-33(45)47-34(3,4)5)48-30(26)24(35)11-38-29/h10-11,17-19H,7-8,12-16H2,1-6H3,(H,41,45)/t17-,18-,19+/m0/s1. The summed E-state index contributed by atoms with van der Waals surface area (Å²) in [7, 11) is 2.17. The molecule has 252 valence electrons. The first-order valence-electron chi connectivity index (χ1n) is 16.1. The van der Waals surface area contributed by atoms with Gasteiger partial charge in [-0.25, -0.2) is 23.5 Å². The van der Waals surface area contributed by atoms with Crippen LogP contribution in [0.4, 0.5) is 24.5 Å². The molecule has 3 atom stereocenters. The smallest absolute Gasteiger partial charge is 0.412 e. The molecule has 7 rings (SSSR count). The van der Waals surface area contributed by atoms with Gasteiger partial charge in [0.25, 0.3) is 0 Å². The van der Waals surface area contributed by atoms with Gasteiger partial charge in [0, 0.05) is 66.8 Å². The number of amides is 1. The minimum atomic E-state index is -0.795. The molecule has 4 aromatic rings. The van der Waals surface area contributed by atoms with Crippen LogP contribution in [0.1, 0.15) is 57.7 Å². The number of nitrogens with one attached hydrogen (secondary N) is 1. The number of nitrogens with zero attached hydrogens (tertiary/aromatic N) is 7. The zero-order valence-corrected chi connectivity index (χ0v) is 28.7. The maximum absolute atomic E-state index is 17.0. The number of thiophene rings is 1. The minimum absolute atomic E-state index is 0.0333. The van der Waals surface area contributed by atoms with Gasteiger partial charge in [0.1, 0.15) is 22.2 Å². The van der Waals surface area contributed by atoms with Crippen LogP contribution in [0.3, 0.4) is 0 Å². The number of hydrogen-bond acceptors (Lipinski definition) is 11. The van der Waals surface area contributed by atoms with Gasteiger partial charge in [0.2, 0.25) is 5.95 Å². The summed E-state index contributed by atoms with van der Waals surface area (Å²) in [6.07, 6.45) is 2.83. The van der Waals surface area contributed by atoms with Crippen LogP contribution in [-0.4, -0.2) is 87.8 Å². The molecule has 11 nitrogen and oxygen atoms in total. The van der Waals surface area contributed by atoms with Crippen LogP contribution < -0.4 is 10.2 Å². The Kier molecular flexibility index (Phi) is 8.22. The maximum Gasteiger partial charge on any atom is 0.412 e. The molecule has 0 spiro atoms. The molecular formula is C34H38F2N8O3S. The average Bonchev–Trinajstić information content (AvgIpc) is 3.79. The van der Waals surface area contributed by atoms with Crippen LogP contribution in [0, 0.1) is 23.0 Å². The predicted octanol–water partition coefficient (Wildman–Crippen LogP) is 6.04. The molecule has 1 amide bonds. The van der Waals surface area contributed by atoms with Crippen LogP contribution in [-0.2, 0) is 22.7 Å². The molecular weight excluding hydrogens is 638 g/mol. The van der Waals surface area contributed by atoms with Crippen LogP contribution in [0.5, 0.6) is 0 Å². The Balaban J connectivity index is 1.29. The molecule has 3 aliphatic heterocycles. The van der Waals surface area contributed by atoms with Crippen molar-refractivity contribution < 1.29 is 23.0 Å². The molecule has 3 aliphatic rings. The van der Waals surface area contributed by atoms with E-state index >= 15 is 8.78 Å². The topological polar surface area (TPSA) is 120 Å². The van der Waals surface area contributed by atoms with E-state index in [1.54, 1.807) is 27.0 Å². The van der Waals surface area contributed by atoms with Crippen molar-refractivity contribution in [3.63, 3.8) is 0 Å². The van der Waals surface area contributed by atoms with E-state index < -0.39 is 23.3 Å². The molecule has 1 N–H and O–H groups in total. The van der Waals surface area contributed by atoms with Gasteiger partial charge in [-0.2, -0.15) is 5.26 Å². The normalized spacial score (nSPS) is 22.0. The van der Waals surface area contributed by atoms with Gasteiger partial charge in [-0.3, -0.25) is 20.1 Å². The molecule has 0 saturated carbocycles. The number of fused-ring (bicyclic) bond motifs is 4. The van der Waals surface area contributed by atoms with E-state index in [1.165, 1.54) is 0 Å². The zero-order valence-electron chi connectivity index (χ0n) is 27.9. The van der Waals surface area contributed by atoms with Crippen molar-refractivity contribution in [2.24, 2.45) is 0 Å². The fraction of sp³-hybridized carbons (Fsp3) is 0.500. The van der Waals surface area contributed by atoms with Crippen molar-refractivity contribution in [1.82, 2.24) is 24.8 Å². The number of hydrogen-bond donors (Lipinski definition) is 1. The number of halogens is 2. The van der Waals surface area contributed by atoms with E-state index in [0.717, 1.165) is 55.7 Å². The highest BCUT2D eigenvalue weighted by molar-refractivity contribution is 7.23. The highest BCUT2D eigenvalue weighted by atomic mass is 32.1. The number of carbonyl (C=O) groups is 1. The fourth-order valence-corrected chi connectivity index (χ4v) is 8.16. The van der Waals surface area contributed by atoms with Gasteiger partial charge in [0.15, 0.2) is 11.6 Å². The van der Waals surface area contributed by atoms with E-state index in [4.69, 9.17) is 14.5 Å². The lowest BCUT2D eigenvalue weighted by Gasteiger charge is -2.44. The summed E-state index contributed by atoms with van der Waals surface area (Å²) in [6, 6.07) is 3.33. The lowest BCUT2D eigenvalue weighted by atomic mass is 9.94. The largest absolute Gasteiger partial charge is 0.444 e. The van der Waals surface area contributed by atoms with Gasteiger partial charge >= 0.3 is 6.09 Å².